The predicted molar refractivity (Wildman–Crippen MR) is 97.6 cm³/mol. The van der Waals surface area contributed by atoms with Crippen molar-refractivity contribution < 1.29 is 14.3 Å². The molecule has 2 aromatic rings. The predicted octanol–water partition coefficient (Wildman–Crippen LogP) is 2.29. The Labute approximate surface area is 147 Å². The fourth-order valence-corrected chi connectivity index (χ4v) is 2.16. The van der Waals surface area contributed by atoms with Crippen molar-refractivity contribution in [2.75, 3.05) is 19.0 Å². The summed E-state index contributed by atoms with van der Waals surface area (Å²) in [5.74, 6) is -0.217. The Balaban J connectivity index is 1.90. The van der Waals surface area contributed by atoms with Crippen molar-refractivity contribution in [2.24, 2.45) is 0 Å². The number of amides is 2. The average Bonchev–Trinajstić information content (AvgIpc) is 2.59. The fourth-order valence-electron chi connectivity index (χ4n) is 2.16. The Bertz CT molecular complexity index is 759. The lowest BCUT2D eigenvalue weighted by Crippen LogP contribution is -2.47. The van der Waals surface area contributed by atoms with E-state index >= 15 is 0 Å². The summed E-state index contributed by atoms with van der Waals surface area (Å²) >= 11 is 0. The molecule has 2 amide bonds. The molecule has 6 heteroatoms. The van der Waals surface area contributed by atoms with Crippen molar-refractivity contribution in [3.05, 3.63) is 59.7 Å². The minimum Gasteiger partial charge on any atom is -0.481 e. The third-order valence-electron chi connectivity index (χ3n) is 3.60. The molecular formula is C19H23N3O3. The highest BCUT2D eigenvalue weighted by Crippen LogP contribution is 2.14. The fraction of sp³-hybridized carbons (Fsp3) is 0.263. The van der Waals surface area contributed by atoms with Gasteiger partial charge in [-0.2, -0.15) is 0 Å². The van der Waals surface area contributed by atoms with E-state index in [2.05, 4.69) is 10.9 Å². The Morgan fingerprint density at radius 3 is 2.44 bits per heavy atom. The van der Waals surface area contributed by atoms with E-state index in [1.165, 1.54) is 0 Å². The number of nitrogens with zero attached hydrogens (tertiary/aromatic N) is 1. The molecule has 1 unspecified atom stereocenters. The van der Waals surface area contributed by atoms with Crippen molar-refractivity contribution in [2.45, 2.75) is 20.0 Å². The van der Waals surface area contributed by atoms with Crippen LogP contribution in [0.5, 0.6) is 5.75 Å². The lowest BCUT2D eigenvalue weighted by molar-refractivity contribution is -0.128. The molecule has 0 heterocycles. The third kappa shape index (κ3) is 5.24. The van der Waals surface area contributed by atoms with Crippen LogP contribution in [-0.2, 0) is 4.79 Å². The van der Waals surface area contributed by atoms with Crippen LogP contribution in [0.4, 0.5) is 5.69 Å². The van der Waals surface area contributed by atoms with Crippen molar-refractivity contribution in [3.8, 4) is 5.75 Å². The number of hydrazine groups is 1. The summed E-state index contributed by atoms with van der Waals surface area (Å²) in [4.78, 5) is 26.1. The van der Waals surface area contributed by atoms with Gasteiger partial charge in [-0.05, 0) is 49.7 Å². The first-order chi connectivity index (χ1) is 11.9. The molecule has 0 aliphatic heterocycles. The van der Waals surface area contributed by atoms with E-state index in [0.717, 1.165) is 11.3 Å². The molecule has 2 N–H and O–H groups in total. The standard InChI is InChI=1S/C19H23N3O3/c1-13-7-5-10-17(11-13)25-14(2)18(23)20-21-19(24)15-8-6-9-16(12-15)22(3)4/h5-12,14H,1-4H3,(H,20,23)(H,21,24). The normalized spacial score (nSPS) is 11.4. The van der Waals surface area contributed by atoms with Gasteiger partial charge >= 0.3 is 0 Å². The number of benzene rings is 2. The second-order valence-electron chi connectivity index (χ2n) is 5.96. The van der Waals surface area contributed by atoms with Crippen LogP contribution >= 0.6 is 0 Å². The van der Waals surface area contributed by atoms with E-state index in [1.54, 1.807) is 31.2 Å². The van der Waals surface area contributed by atoms with Gasteiger partial charge in [-0.3, -0.25) is 20.4 Å². The van der Waals surface area contributed by atoms with Crippen LogP contribution in [-0.4, -0.2) is 32.0 Å². The Hall–Kier alpha value is -3.02. The topological polar surface area (TPSA) is 70.7 Å². The number of hydrogen-bond acceptors (Lipinski definition) is 4. The number of rotatable bonds is 5. The minimum absolute atomic E-state index is 0.389. The molecule has 0 aromatic heterocycles. The molecule has 0 spiro atoms. The van der Waals surface area contributed by atoms with Crippen molar-refractivity contribution in [1.82, 2.24) is 10.9 Å². The van der Waals surface area contributed by atoms with Gasteiger partial charge in [0.05, 0.1) is 0 Å². The highest BCUT2D eigenvalue weighted by Gasteiger charge is 2.16. The summed E-state index contributed by atoms with van der Waals surface area (Å²) in [6.45, 7) is 3.57. The van der Waals surface area contributed by atoms with Crippen molar-refractivity contribution in [3.63, 3.8) is 0 Å². The molecule has 6 nitrogen and oxygen atoms in total. The van der Waals surface area contributed by atoms with Crippen LogP contribution in [0.3, 0.4) is 0 Å². The number of ether oxygens (including phenoxy) is 1. The van der Waals surface area contributed by atoms with Gasteiger partial charge in [-0.1, -0.05) is 18.2 Å². The smallest absolute Gasteiger partial charge is 0.279 e. The molecule has 0 aliphatic carbocycles. The van der Waals surface area contributed by atoms with Crippen LogP contribution in [0.2, 0.25) is 0 Å². The van der Waals surface area contributed by atoms with Crippen LogP contribution in [0, 0.1) is 6.92 Å². The first-order valence-corrected chi connectivity index (χ1v) is 7.97. The number of carbonyl (C=O) groups excluding carboxylic acids is 2. The molecular weight excluding hydrogens is 318 g/mol. The van der Waals surface area contributed by atoms with E-state index in [9.17, 15) is 9.59 Å². The molecule has 0 aliphatic rings. The number of aryl methyl sites for hydroxylation is 1. The molecule has 0 saturated carbocycles. The molecule has 0 saturated heterocycles. The lowest BCUT2D eigenvalue weighted by atomic mass is 10.2. The molecule has 0 radical (unpaired) electrons. The van der Waals surface area contributed by atoms with E-state index in [1.807, 2.05) is 50.2 Å². The van der Waals surface area contributed by atoms with Gasteiger partial charge in [0.1, 0.15) is 5.75 Å². The van der Waals surface area contributed by atoms with Crippen LogP contribution < -0.4 is 20.5 Å². The highest BCUT2D eigenvalue weighted by atomic mass is 16.5. The number of hydrogen-bond donors (Lipinski definition) is 2. The second kappa shape index (κ2) is 8.19. The monoisotopic (exact) mass is 341 g/mol. The van der Waals surface area contributed by atoms with E-state index in [-0.39, 0.29) is 5.91 Å². The maximum Gasteiger partial charge on any atom is 0.279 e. The molecule has 0 fully saturated rings. The summed E-state index contributed by atoms with van der Waals surface area (Å²) in [7, 11) is 3.78. The maximum atomic E-state index is 12.2. The molecule has 0 bridgehead atoms. The van der Waals surface area contributed by atoms with Gasteiger partial charge in [-0.25, -0.2) is 0 Å². The molecule has 132 valence electrons. The van der Waals surface area contributed by atoms with Gasteiger partial charge in [0.15, 0.2) is 6.10 Å². The average molecular weight is 341 g/mol. The largest absolute Gasteiger partial charge is 0.481 e. The zero-order valence-corrected chi connectivity index (χ0v) is 14.9. The molecule has 2 aromatic carbocycles. The van der Waals surface area contributed by atoms with Crippen LogP contribution in [0.25, 0.3) is 0 Å². The van der Waals surface area contributed by atoms with Gasteiger partial charge in [0.25, 0.3) is 11.8 Å². The van der Waals surface area contributed by atoms with Gasteiger partial charge < -0.3 is 9.64 Å². The van der Waals surface area contributed by atoms with Crippen LogP contribution in [0.15, 0.2) is 48.5 Å². The SMILES string of the molecule is Cc1cccc(OC(C)C(=O)NNC(=O)c2cccc(N(C)C)c2)c1. The second-order valence-corrected chi connectivity index (χ2v) is 5.96. The lowest BCUT2D eigenvalue weighted by Gasteiger charge is -2.16. The summed E-state index contributed by atoms with van der Waals surface area (Å²) in [6, 6.07) is 14.5. The molecule has 2 rings (SSSR count). The van der Waals surface area contributed by atoms with Crippen molar-refractivity contribution >= 4 is 17.5 Å². The zero-order valence-electron chi connectivity index (χ0n) is 14.9. The Morgan fingerprint density at radius 2 is 1.76 bits per heavy atom. The van der Waals surface area contributed by atoms with Gasteiger partial charge in [-0.15, -0.1) is 0 Å². The summed E-state index contributed by atoms with van der Waals surface area (Å²) in [5.41, 5.74) is 7.19. The van der Waals surface area contributed by atoms with Crippen LogP contribution in [0.1, 0.15) is 22.8 Å². The summed E-state index contributed by atoms with van der Waals surface area (Å²) < 4.78 is 5.58. The van der Waals surface area contributed by atoms with E-state index in [0.29, 0.717) is 11.3 Å². The summed E-state index contributed by atoms with van der Waals surface area (Å²) in [6.07, 6.45) is -0.741. The minimum atomic E-state index is -0.741. The third-order valence-corrected chi connectivity index (χ3v) is 3.60. The maximum absolute atomic E-state index is 12.2. The molecule has 1 atom stereocenters. The van der Waals surface area contributed by atoms with E-state index < -0.39 is 12.0 Å². The quantitative estimate of drug-likeness (QED) is 0.819. The molecule has 25 heavy (non-hydrogen) atoms. The zero-order chi connectivity index (χ0) is 18.4. The summed E-state index contributed by atoms with van der Waals surface area (Å²) in [5, 5.41) is 0. The van der Waals surface area contributed by atoms with Gasteiger partial charge in [0.2, 0.25) is 0 Å². The number of nitrogens with one attached hydrogen (secondary N) is 2. The van der Waals surface area contributed by atoms with Crippen molar-refractivity contribution in [1.29, 1.82) is 0 Å². The Morgan fingerprint density at radius 1 is 1.04 bits per heavy atom. The first kappa shape index (κ1) is 18.3. The highest BCUT2D eigenvalue weighted by molar-refractivity contribution is 5.96. The number of anilines is 1. The Kier molecular flexibility index (Phi) is 6.00. The first-order valence-electron chi connectivity index (χ1n) is 7.97. The van der Waals surface area contributed by atoms with E-state index in [4.69, 9.17) is 4.74 Å². The van der Waals surface area contributed by atoms with Gasteiger partial charge in [0, 0.05) is 25.3 Å². The number of carbonyl (C=O) groups is 2.